The minimum atomic E-state index is -0.649. The van der Waals surface area contributed by atoms with Crippen LogP contribution in [0.2, 0.25) is 0 Å². The lowest BCUT2D eigenvalue weighted by Gasteiger charge is -2.17. The second-order valence-electron chi connectivity index (χ2n) is 6.68. The van der Waals surface area contributed by atoms with E-state index in [9.17, 15) is 9.59 Å². The molecule has 0 spiro atoms. The number of thiophene rings is 1. The molecule has 0 aliphatic carbocycles. The number of amides is 1. The molecule has 1 amide bonds. The molecule has 3 rings (SSSR count). The molecule has 6 heteroatoms. The molecule has 26 heavy (non-hydrogen) atoms. The first kappa shape index (κ1) is 18.3. The van der Waals surface area contributed by atoms with Crippen molar-refractivity contribution in [3.05, 3.63) is 56.4 Å². The lowest BCUT2D eigenvalue weighted by Crippen LogP contribution is -2.31. The third-order valence-corrected chi connectivity index (χ3v) is 5.79. The summed E-state index contributed by atoms with van der Waals surface area (Å²) < 4.78 is 1.41. The third kappa shape index (κ3) is 3.29. The smallest absolute Gasteiger partial charge is 0.262 e. The van der Waals surface area contributed by atoms with Crippen molar-refractivity contribution in [2.75, 3.05) is 5.32 Å². The Kier molecular flexibility index (Phi) is 4.96. The quantitative estimate of drug-likeness (QED) is 0.751. The van der Waals surface area contributed by atoms with Crippen LogP contribution in [-0.2, 0) is 11.2 Å². The molecule has 0 saturated carbocycles. The van der Waals surface area contributed by atoms with E-state index in [0.717, 1.165) is 38.5 Å². The van der Waals surface area contributed by atoms with Gasteiger partial charge in [-0.1, -0.05) is 24.6 Å². The highest BCUT2D eigenvalue weighted by molar-refractivity contribution is 7.18. The van der Waals surface area contributed by atoms with Gasteiger partial charge in [-0.2, -0.15) is 0 Å². The Morgan fingerprint density at radius 1 is 1.23 bits per heavy atom. The average molecular weight is 369 g/mol. The summed E-state index contributed by atoms with van der Waals surface area (Å²) in [5.41, 5.74) is 3.80. The van der Waals surface area contributed by atoms with Crippen molar-refractivity contribution in [2.45, 2.75) is 47.1 Å². The Morgan fingerprint density at radius 3 is 2.50 bits per heavy atom. The van der Waals surface area contributed by atoms with Crippen molar-refractivity contribution >= 4 is 33.1 Å². The number of aromatic nitrogens is 2. The average Bonchev–Trinajstić information content (AvgIpc) is 3.02. The SMILES string of the molecule is CCc1cc2c(=O)n([C@H](C)C(=O)Nc3c(C)cc(C)cc3C)cnc2s1. The first-order valence-electron chi connectivity index (χ1n) is 8.70. The summed E-state index contributed by atoms with van der Waals surface area (Å²) in [6.07, 6.45) is 2.34. The van der Waals surface area contributed by atoms with Crippen molar-refractivity contribution in [3.8, 4) is 0 Å². The number of benzene rings is 1. The standard InChI is InChI=1S/C20H23N3O2S/c1-6-15-9-16-19(26-15)21-10-23(20(16)25)14(5)18(24)22-17-12(3)7-11(2)8-13(17)4/h7-10,14H,6H2,1-5H3,(H,22,24)/t14-/m1/s1. The molecule has 0 unspecified atom stereocenters. The van der Waals surface area contributed by atoms with Gasteiger partial charge in [0.2, 0.25) is 5.91 Å². The van der Waals surface area contributed by atoms with Crippen LogP contribution in [0.25, 0.3) is 10.2 Å². The van der Waals surface area contributed by atoms with Gasteiger partial charge in [-0.15, -0.1) is 11.3 Å². The Morgan fingerprint density at radius 2 is 1.88 bits per heavy atom. The summed E-state index contributed by atoms with van der Waals surface area (Å²) >= 11 is 1.52. The van der Waals surface area contributed by atoms with Crippen LogP contribution in [0.1, 0.15) is 41.5 Å². The summed E-state index contributed by atoms with van der Waals surface area (Å²) in [5.74, 6) is -0.228. The van der Waals surface area contributed by atoms with Gasteiger partial charge in [0, 0.05) is 10.6 Å². The highest BCUT2D eigenvalue weighted by Gasteiger charge is 2.20. The zero-order valence-electron chi connectivity index (χ0n) is 15.7. The molecule has 0 fully saturated rings. The van der Waals surface area contributed by atoms with E-state index < -0.39 is 6.04 Å². The molecule has 1 atom stereocenters. The van der Waals surface area contributed by atoms with Crippen LogP contribution in [0, 0.1) is 20.8 Å². The van der Waals surface area contributed by atoms with E-state index in [1.54, 1.807) is 6.92 Å². The number of carbonyl (C=O) groups excluding carboxylic acids is 1. The van der Waals surface area contributed by atoms with Gasteiger partial charge >= 0.3 is 0 Å². The molecule has 0 aliphatic rings. The van der Waals surface area contributed by atoms with Gasteiger partial charge in [-0.25, -0.2) is 4.98 Å². The molecule has 5 nitrogen and oxygen atoms in total. The van der Waals surface area contributed by atoms with E-state index in [-0.39, 0.29) is 11.5 Å². The number of carbonyl (C=O) groups is 1. The summed E-state index contributed by atoms with van der Waals surface area (Å²) in [5, 5.41) is 3.55. The topological polar surface area (TPSA) is 64.0 Å². The van der Waals surface area contributed by atoms with Crippen LogP contribution >= 0.6 is 11.3 Å². The second-order valence-corrected chi connectivity index (χ2v) is 7.80. The van der Waals surface area contributed by atoms with Crippen molar-refractivity contribution in [1.29, 1.82) is 0 Å². The second kappa shape index (κ2) is 7.03. The van der Waals surface area contributed by atoms with E-state index in [1.807, 2.05) is 45.9 Å². The van der Waals surface area contributed by atoms with Crippen molar-refractivity contribution < 1.29 is 4.79 Å². The maximum Gasteiger partial charge on any atom is 0.262 e. The number of hydrogen-bond donors (Lipinski definition) is 1. The molecular weight excluding hydrogens is 346 g/mol. The highest BCUT2D eigenvalue weighted by Crippen LogP contribution is 2.24. The molecule has 3 aromatic rings. The predicted octanol–water partition coefficient (Wildman–Crippen LogP) is 4.15. The minimum Gasteiger partial charge on any atom is -0.324 e. The number of nitrogens with zero attached hydrogens (tertiary/aromatic N) is 2. The fraction of sp³-hybridized carbons (Fsp3) is 0.350. The number of rotatable bonds is 4. The molecule has 136 valence electrons. The first-order valence-corrected chi connectivity index (χ1v) is 9.51. The molecule has 0 radical (unpaired) electrons. The third-order valence-electron chi connectivity index (χ3n) is 4.60. The van der Waals surface area contributed by atoms with Gasteiger partial charge in [-0.3, -0.25) is 14.2 Å². The van der Waals surface area contributed by atoms with Crippen LogP contribution in [-0.4, -0.2) is 15.5 Å². The van der Waals surface area contributed by atoms with Gasteiger partial charge in [0.1, 0.15) is 10.9 Å². The van der Waals surface area contributed by atoms with Crippen LogP contribution in [0.5, 0.6) is 0 Å². The molecule has 1 N–H and O–H groups in total. The lowest BCUT2D eigenvalue weighted by molar-refractivity contribution is -0.118. The van der Waals surface area contributed by atoms with Gasteiger partial charge < -0.3 is 5.32 Å². The maximum atomic E-state index is 12.8. The summed E-state index contributed by atoms with van der Waals surface area (Å²) in [6.45, 7) is 9.73. The fourth-order valence-corrected chi connectivity index (χ4v) is 4.09. The van der Waals surface area contributed by atoms with Crippen molar-refractivity contribution in [1.82, 2.24) is 9.55 Å². The van der Waals surface area contributed by atoms with Gasteiger partial charge in [-0.05, 0) is 51.3 Å². The predicted molar refractivity (Wildman–Crippen MR) is 107 cm³/mol. The van der Waals surface area contributed by atoms with Crippen LogP contribution in [0.3, 0.4) is 0 Å². The van der Waals surface area contributed by atoms with Crippen LogP contribution in [0.4, 0.5) is 5.69 Å². The fourth-order valence-electron chi connectivity index (χ4n) is 3.17. The Balaban J connectivity index is 1.93. The van der Waals surface area contributed by atoms with E-state index in [4.69, 9.17) is 0 Å². The van der Waals surface area contributed by atoms with Gasteiger partial charge in [0.05, 0.1) is 11.7 Å². The number of nitrogens with one attached hydrogen (secondary N) is 1. The molecular formula is C20H23N3O2S. The van der Waals surface area contributed by atoms with E-state index in [1.165, 1.54) is 22.2 Å². The Labute approximate surface area is 156 Å². The molecule has 0 aliphatic heterocycles. The van der Waals surface area contributed by atoms with Crippen LogP contribution < -0.4 is 10.9 Å². The number of anilines is 1. The van der Waals surface area contributed by atoms with E-state index in [2.05, 4.69) is 10.3 Å². The molecule has 0 bridgehead atoms. The van der Waals surface area contributed by atoms with Gasteiger partial charge in [0.25, 0.3) is 5.56 Å². The van der Waals surface area contributed by atoms with Crippen molar-refractivity contribution in [3.63, 3.8) is 0 Å². The first-order chi connectivity index (χ1) is 12.3. The summed E-state index contributed by atoms with van der Waals surface area (Å²) in [4.78, 5) is 31.7. The van der Waals surface area contributed by atoms with Gasteiger partial charge in [0.15, 0.2) is 0 Å². The normalized spacial score (nSPS) is 12.3. The number of hydrogen-bond acceptors (Lipinski definition) is 4. The zero-order valence-corrected chi connectivity index (χ0v) is 16.5. The number of aryl methyl sites for hydroxylation is 4. The zero-order chi connectivity index (χ0) is 19.0. The van der Waals surface area contributed by atoms with E-state index in [0.29, 0.717) is 5.39 Å². The largest absolute Gasteiger partial charge is 0.324 e. The van der Waals surface area contributed by atoms with E-state index >= 15 is 0 Å². The maximum absolute atomic E-state index is 12.8. The number of fused-ring (bicyclic) bond motifs is 1. The monoisotopic (exact) mass is 369 g/mol. The highest BCUT2D eigenvalue weighted by atomic mass is 32.1. The molecule has 0 saturated heterocycles. The lowest BCUT2D eigenvalue weighted by atomic mass is 10.0. The molecule has 2 heterocycles. The van der Waals surface area contributed by atoms with Crippen LogP contribution in [0.15, 0.2) is 29.3 Å². The Bertz CT molecular complexity index is 1030. The molecule has 1 aromatic carbocycles. The van der Waals surface area contributed by atoms with Crippen molar-refractivity contribution in [2.24, 2.45) is 0 Å². The Hall–Kier alpha value is -2.47. The molecule has 2 aromatic heterocycles. The summed E-state index contributed by atoms with van der Waals surface area (Å²) in [7, 11) is 0. The summed E-state index contributed by atoms with van der Waals surface area (Å²) in [6, 6.07) is 5.30. The minimum absolute atomic E-state index is 0.175.